The molecule has 1 N–H and O–H groups in total. The number of carbonyl (C=O) groups is 1. The summed E-state index contributed by atoms with van der Waals surface area (Å²) in [7, 11) is 0. The number of anilines is 1. The predicted octanol–water partition coefficient (Wildman–Crippen LogP) is 4.90. The molecule has 4 aromatic rings. The maximum absolute atomic E-state index is 12.6. The lowest BCUT2D eigenvalue weighted by Gasteiger charge is -2.12. The Bertz CT molecular complexity index is 1140. The van der Waals surface area contributed by atoms with Crippen LogP contribution < -0.4 is 5.32 Å². The van der Waals surface area contributed by atoms with E-state index < -0.39 is 0 Å². The highest BCUT2D eigenvalue weighted by molar-refractivity contribution is 7.99. The van der Waals surface area contributed by atoms with E-state index in [1.165, 1.54) is 17.3 Å². The van der Waals surface area contributed by atoms with Crippen LogP contribution in [0.25, 0.3) is 5.69 Å². The molecular weight excluding hydrogens is 392 g/mol. The van der Waals surface area contributed by atoms with Gasteiger partial charge in [0.05, 0.1) is 11.4 Å². The number of thioether (sulfide) groups is 1. The molecule has 0 aliphatic rings. The minimum Gasteiger partial charge on any atom is -0.325 e. The van der Waals surface area contributed by atoms with Gasteiger partial charge in [0.25, 0.3) is 0 Å². The SMILES string of the molecule is Cc1ccccc1-n1cnnc1SCC(=O)Nc1ccccc1Cc1ccccc1. The molecule has 0 saturated carbocycles. The van der Waals surface area contributed by atoms with Gasteiger partial charge in [-0.3, -0.25) is 9.36 Å². The van der Waals surface area contributed by atoms with Crippen molar-refractivity contribution in [3.8, 4) is 5.69 Å². The Balaban J connectivity index is 1.42. The molecule has 1 heterocycles. The fourth-order valence-electron chi connectivity index (χ4n) is 3.25. The van der Waals surface area contributed by atoms with E-state index in [9.17, 15) is 4.79 Å². The molecule has 150 valence electrons. The molecule has 0 fully saturated rings. The molecule has 1 amide bonds. The van der Waals surface area contributed by atoms with E-state index in [4.69, 9.17) is 0 Å². The van der Waals surface area contributed by atoms with Gasteiger partial charge in [-0.2, -0.15) is 0 Å². The summed E-state index contributed by atoms with van der Waals surface area (Å²) >= 11 is 1.37. The first-order valence-electron chi connectivity index (χ1n) is 9.71. The van der Waals surface area contributed by atoms with Crippen LogP contribution in [-0.2, 0) is 11.2 Å². The van der Waals surface area contributed by atoms with Gasteiger partial charge >= 0.3 is 0 Å². The summed E-state index contributed by atoms with van der Waals surface area (Å²) in [5, 5.41) is 11.9. The average Bonchev–Trinajstić information content (AvgIpc) is 3.23. The van der Waals surface area contributed by atoms with Crippen LogP contribution >= 0.6 is 11.8 Å². The quantitative estimate of drug-likeness (QED) is 0.437. The minimum atomic E-state index is -0.0696. The molecule has 3 aromatic carbocycles. The molecule has 0 unspecified atom stereocenters. The number of carbonyl (C=O) groups excluding carboxylic acids is 1. The van der Waals surface area contributed by atoms with Crippen molar-refractivity contribution in [3.05, 3.63) is 102 Å². The molecule has 6 heteroatoms. The van der Waals surface area contributed by atoms with Crippen molar-refractivity contribution in [1.29, 1.82) is 0 Å². The van der Waals surface area contributed by atoms with Gasteiger partial charge in [0.1, 0.15) is 6.33 Å². The third kappa shape index (κ3) is 4.78. The van der Waals surface area contributed by atoms with Crippen molar-refractivity contribution in [2.24, 2.45) is 0 Å². The van der Waals surface area contributed by atoms with Crippen molar-refractivity contribution in [2.75, 3.05) is 11.1 Å². The number of amides is 1. The van der Waals surface area contributed by atoms with E-state index in [1.807, 2.05) is 78.2 Å². The van der Waals surface area contributed by atoms with Crippen molar-refractivity contribution >= 4 is 23.4 Å². The number of nitrogens with zero attached hydrogens (tertiary/aromatic N) is 3. The van der Waals surface area contributed by atoms with Gasteiger partial charge in [-0.25, -0.2) is 0 Å². The number of nitrogens with one attached hydrogen (secondary N) is 1. The van der Waals surface area contributed by atoms with Crippen LogP contribution in [0.1, 0.15) is 16.7 Å². The Kier molecular flexibility index (Phi) is 6.25. The summed E-state index contributed by atoms with van der Waals surface area (Å²) in [6, 6.07) is 26.2. The lowest BCUT2D eigenvalue weighted by atomic mass is 10.0. The Morgan fingerprint density at radius 2 is 1.70 bits per heavy atom. The van der Waals surface area contributed by atoms with Crippen LogP contribution in [-0.4, -0.2) is 26.4 Å². The summed E-state index contributed by atoms with van der Waals surface area (Å²) < 4.78 is 1.91. The third-order valence-electron chi connectivity index (χ3n) is 4.75. The molecule has 0 radical (unpaired) electrons. The number of rotatable bonds is 7. The van der Waals surface area contributed by atoms with Gasteiger partial charge in [-0.1, -0.05) is 78.5 Å². The molecule has 1 aromatic heterocycles. The number of hydrogen-bond donors (Lipinski definition) is 1. The zero-order valence-electron chi connectivity index (χ0n) is 16.7. The summed E-state index contributed by atoms with van der Waals surface area (Å²) in [5.74, 6) is 0.185. The molecule has 0 spiro atoms. The van der Waals surface area contributed by atoms with Crippen LogP contribution in [0, 0.1) is 6.92 Å². The topological polar surface area (TPSA) is 59.8 Å². The summed E-state index contributed by atoms with van der Waals surface area (Å²) in [6.45, 7) is 2.04. The van der Waals surface area contributed by atoms with E-state index in [0.717, 1.165) is 28.9 Å². The van der Waals surface area contributed by atoms with Gasteiger partial charge in [-0.05, 0) is 42.2 Å². The first-order valence-corrected chi connectivity index (χ1v) is 10.7. The second kappa shape index (κ2) is 9.41. The zero-order chi connectivity index (χ0) is 20.8. The Morgan fingerprint density at radius 1 is 0.967 bits per heavy atom. The number of aromatic nitrogens is 3. The van der Waals surface area contributed by atoms with Crippen molar-refractivity contribution < 1.29 is 4.79 Å². The maximum Gasteiger partial charge on any atom is 0.234 e. The van der Waals surface area contributed by atoms with Gasteiger partial charge in [-0.15, -0.1) is 10.2 Å². The van der Waals surface area contributed by atoms with Crippen molar-refractivity contribution in [3.63, 3.8) is 0 Å². The monoisotopic (exact) mass is 414 g/mol. The smallest absolute Gasteiger partial charge is 0.234 e. The number of aryl methyl sites for hydroxylation is 1. The first-order chi connectivity index (χ1) is 14.7. The molecule has 0 atom stereocenters. The molecule has 0 aliphatic carbocycles. The highest BCUT2D eigenvalue weighted by atomic mass is 32.2. The lowest BCUT2D eigenvalue weighted by Crippen LogP contribution is -2.16. The van der Waals surface area contributed by atoms with Gasteiger partial charge < -0.3 is 5.32 Å². The number of benzene rings is 3. The first kappa shape index (κ1) is 19.9. The Morgan fingerprint density at radius 3 is 2.53 bits per heavy atom. The fraction of sp³-hybridized carbons (Fsp3) is 0.125. The minimum absolute atomic E-state index is 0.0696. The highest BCUT2D eigenvalue weighted by Crippen LogP contribution is 2.23. The fourth-order valence-corrected chi connectivity index (χ4v) is 3.97. The standard InChI is InChI=1S/C24H22N4OS/c1-18-9-5-8-14-22(18)28-17-25-27-24(28)30-16-23(29)26-21-13-7-6-12-20(21)15-19-10-3-2-4-11-19/h2-14,17H,15-16H2,1H3,(H,26,29). The second-order valence-electron chi connectivity index (χ2n) is 6.93. The van der Waals surface area contributed by atoms with Gasteiger partial charge in [0.2, 0.25) is 5.91 Å². The molecule has 0 bridgehead atoms. The van der Waals surface area contributed by atoms with Crippen LogP contribution in [0.4, 0.5) is 5.69 Å². The summed E-state index contributed by atoms with van der Waals surface area (Å²) in [6.07, 6.45) is 2.45. The molecule has 5 nitrogen and oxygen atoms in total. The Hall–Kier alpha value is -3.38. The van der Waals surface area contributed by atoms with E-state index in [-0.39, 0.29) is 11.7 Å². The van der Waals surface area contributed by atoms with E-state index in [0.29, 0.717) is 5.16 Å². The Labute approximate surface area is 180 Å². The van der Waals surface area contributed by atoms with E-state index >= 15 is 0 Å². The molecule has 30 heavy (non-hydrogen) atoms. The van der Waals surface area contributed by atoms with Crippen LogP contribution in [0.15, 0.2) is 90.3 Å². The number of para-hydroxylation sites is 2. The molecule has 0 saturated heterocycles. The van der Waals surface area contributed by atoms with E-state index in [1.54, 1.807) is 6.33 Å². The third-order valence-corrected chi connectivity index (χ3v) is 5.70. The molecular formula is C24H22N4OS. The lowest BCUT2D eigenvalue weighted by molar-refractivity contribution is -0.113. The maximum atomic E-state index is 12.6. The van der Waals surface area contributed by atoms with Crippen LogP contribution in [0.5, 0.6) is 0 Å². The zero-order valence-corrected chi connectivity index (χ0v) is 17.5. The largest absolute Gasteiger partial charge is 0.325 e. The van der Waals surface area contributed by atoms with Crippen molar-refractivity contribution in [1.82, 2.24) is 14.8 Å². The number of hydrogen-bond acceptors (Lipinski definition) is 4. The summed E-state index contributed by atoms with van der Waals surface area (Å²) in [4.78, 5) is 12.6. The average molecular weight is 415 g/mol. The molecule has 4 rings (SSSR count). The normalized spacial score (nSPS) is 10.7. The predicted molar refractivity (Wildman–Crippen MR) is 121 cm³/mol. The highest BCUT2D eigenvalue weighted by Gasteiger charge is 2.13. The van der Waals surface area contributed by atoms with Gasteiger partial charge in [0, 0.05) is 5.69 Å². The second-order valence-corrected chi connectivity index (χ2v) is 7.87. The van der Waals surface area contributed by atoms with Crippen molar-refractivity contribution in [2.45, 2.75) is 18.5 Å². The van der Waals surface area contributed by atoms with Crippen LogP contribution in [0.3, 0.4) is 0 Å². The summed E-state index contributed by atoms with van der Waals surface area (Å²) in [5.41, 5.74) is 5.27. The van der Waals surface area contributed by atoms with E-state index in [2.05, 4.69) is 27.6 Å². The van der Waals surface area contributed by atoms with Crippen LogP contribution in [0.2, 0.25) is 0 Å². The van der Waals surface area contributed by atoms with Gasteiger partial charge in [0.15, 0.2) is 5.16 Å². The molecule has 0 aliphatic heterocycles.